The lowest BCUT2D eigenvalue weighted by Gasteiger charge is -2.36. The van der Waals surface area contributed by atoms with Crippen molar-refractivity contribution in [3.05, 3.63) is 30.0 Å². The molecule has 0 aromatic carbocycles. The van der Waals surface area contributed by atoms with Gasteiger partial charge in [-0.05, 0) is 42.3 Å². The quantitative estimate of drug-likeness (QED) is 0.741. The topological polar surface area (TPSA) is 31.4 Å². The van der Waals surface area contributed by atoms with Crippen LogP contribution in [0.5, 0.6) is 5.88 Å². The van der Waals surface area contributed by atoms with Crippen LogP contribution in [0.15, 0.2) is 18.8 Å². The molecule has 0 radical (unpaired) electrons. The first-order valence-electron chi connectivity index (χ1n) is 6.91. The molecule has 0 spiro atoms. The van der Waals surface area contributed by atoms with Gasteiger partial charge in [0.15, 0.2) is 8.32 Å². The van der Waals surface area contributed by atoms with E-state index in [1.165, 1.54) is 0 Å². The van der Waals surface area contributed by atoms with E-state index < -0.39 is 8.32 Å². The third kappa shape index (κ3) is 3.93. The summed E-state index contributed by atoms with van der Waals surface area (Å²) in [6.07, 6.45) is 1.79. The van der Waals surface area contributed by atoms with Crippen LogP contribution in [-0.4, -0.2) is 20.4 Å². The summed E-state index contributed by atoms with van der Waals surface area (Å²) in [6.45, 7) is 17.7. The third-order valence-corrected chi connectivity index (χ3v) is 8.48. The fourth-order valence-corrected chi connectivity index (χ4v) is 2.44. The first kappa shape index (κ1) is 16.9. The molecule has 0 bridgehead atoms. The Hall–Kier alpha value is -1.13. The van der Waals surface area contributed by atoms with Crippen molar-refractivity contribution in [1.29, 1.82) is 0 Å². The van der Waals surface area contributed by atoms with E-state index in [1.807, 2.05) is 6.92 Å². The van der Waals surface area contributed by atoms with Gasteiger partial charge in [-0.25, -0.2) is 4.98 Å². The highest BCUT2D eigenvalue weighted by Crippen LogP contribution is 2.37. The van der Waals surface area contributed by atoms with Gasteiger partial charge in [0, 0.05) is 11.8 Å². The fraction of sp³-hybridized carbons (Fsp3) is 0.562. The molecule has 3 nitrogen and oxygen atoms in total. The number of allylic oxidation sites excluding steroid dienone is 1. The number of methoxy groups -OCH3 is 1. The summed E-state index contributed by atoms with van der Waals surface area (Å²) in [5.74, 6) is 0.633. The Labute approximate surface area is 124 Å². The smallest absolute Gasteiger partial charge is 0.218 e. The highest BCUT2D eigenvalue weighted by Gasteiger charge is 2.37. The molecule has 0 aliphatic carbocycles. The highest BCUT2D eigenvalue weighted by atomic mass is 28.4. The van der Waals surface area contributed by atoms with Crippen LogP contribution in [0.25, 0.3) is 5.57 Å². The number of aromatic nitrogens is 1. The molecule has 0 fully saturated rings. The van der Waals surface area contributed by atoms with E-state index in [-0.39, 0.29) is 5.04 Å². The monoisotopic (exact) mass is 293 g/mol. The molecule has 0 aliphatic heterocycles. The Morgan fingerprint density at radius 2 is 1.95 bits per heavy atom. The molecular weight excluding hydrogens is 266 g/mol. The van der Waals surface area contributed by atoms with Crippen LogP contribution < -0.4 is 4.74 Å². The average molecular weight is 293 g/mol. The van der Waals surface area contributed by atoms with Crippen LogP contribution in [0, 0.1) is 0 Å². The zero-order valence-electron chi connectivity index (χ0n) is 13.8. The minimum atomic E-state index is -1.77. The van der Waals surface area contributed by atoms with Crippen LogP contribution in [0.2, 0.25) is 18.1 Å². The van der Waals surface area contributed by atoms with E-state index in [9.17, 15) is 0 Å². The van der Waals surface area contributed by atoms with Crippen molar-refractivity contribution >= 4 is 13.9 Å². The van der Waals surface area contributed by atoms with Gasteiger partial charge in [-0.15, -0.1) is 0 Å². The summed E-state index contributed by atoms with van der Waals surface area (Å²) in [5, 5.41) is 0.194. The molecular formula is C16H27NO2Si. The van der Waals surface area contributed by atoms with Gasteiger partial charge in [0.2, 0.25) is 5.88 Å². The highest BCUT2D eigenvalue weighted by molar-refractivity contribution is 6.74. The van der Waals surface area contributed by atoms with Gasteiger partial charge in [0.05, 0.1) is 13.7 Å². The molecule has 0 unspecified atom stereocenters. The largest absolute Gasteiger partial charge is 0.481 e. The molecule has 1 heterocycles. The maximum absolute atomic E-state index is 6.25. The van der Waals surface area contributed by atoms with E-state index >= 15 is 0 Å². The summed E-state index contributed by atoms with van der Waals surface area (Å²) in [5.41, 5.74) is 3.01. The first-order valence-corrected chi connectivity index (χ1v) is 9.82. The molecule has 0 saturated heterocycles. The average Bonchev–Trinajstić information content (AvgIpc) is 2.34. The van der Waals surface area contributed by atoms with E-state index in [0.29, 0.717) is 12.5 Å². The van der Waals surface area contributed by atoms with Gasteiger partial charge in [0.1, 0.15) is 0 Å². The molecule has 0 atom stereocenters. The van der Waals surface area contributed by atoms with Crippen molar-refractivity contribution in [2.45, 2.75) is 52.4 Å². The van der Waals surface area contributed by atoms with Gasteiger partial charge < -0.3 is 9.16 Å². The van der Waals surface area contributed by atoms with Gasteiger partial charge in [-0.3, -0.25) is 0 Å². The zero-order chi connectivity index (χ0) is 15.6. The van der Waals surface area contributed by atoms with Crippen molar-refractivity contribution in [1.82, 2.24) is 4.98 Å². The molecule has 20 heavy (non-hydrogen) atoms. The molecule has 112 valence electrons. The van der Waals surface area contributed by atoms with E-state index in [4.69, 9.17) is 9.16 Å². The van der Waals surface area contributed by atoms with Gasteiger partial charge in [0.25, 0.3) is 0 Å². The molecule has 0 amide bonds. The van der Waals surface area contributed by atoms with E-state index in [1.54, 1.807) is 13.3 Å². The van der Waals surface area contributed by atoms with Crippen LogP contribution in [0.3, 0.4) is 0 Å². The standard InChI is InChI=1S/C16H27NO2Si/c1-12(2)13-9-14(15(18-6)17-10-13)11-19-20(7,8)16(3,4)5/h9-10H,1,11H2,2-8H3. The second-order valence-electron chi connectivity index (χ2n) is 6.72. The number of hydrogen-bond acceptors (Lipinski definition) is 3. The number of pyridine rings is 1. The Balaban J connectivity index is 2.97. The lowest BCUT2D eigenvalue weighted by molar-refractivity contribution is 0.267. The Bertz CT molecular complexity index is 490. The van der Waals surface area contributed by atoms with E-state index in [2.05, 4.69) is 51.5 Å². The maximum Gasteiger partial charge on any atom is 0.218 e. The van der Waals surface area contributed by atoms with Crippen molar-refractivity contribution in [3.8, 4) is 5.88 Å². The molecule has 0 N–H and O–H groups in total. The zero-order valence-corrected chi connectivity index (χ0v) is 14.8. The van der Waals surface area contributed by atoms with Crippen LogP contribution in [0.4, 0.5) is 0 Å². The maximum atomic E-state index is 6.25. The molecule has 1 aromatic rings. The lowest BCUT2D eigenvalue weighted by Crippen LogP contribution is -2.40. The Kier molecular flexibility index (Phi) is 5.16. The summed E-state index contributed by atoms with van der Waals surface area (Å²) >= 11 is 0. The van der Waals surface area contributed by atoms with Crippen LogP contribution >= 0.6 is 0 Å². The van der Waals surface area contributed by atoms with Crippen LogP contribution in [0.1, 0.15) is 38.8 Å². The predicted octanol–water partition coefficient (Wildman–Crippen LogP) is 4.65. The van der Waals surface area contributed by atoms with Gasteiger partial charge >= 0.3 is 0 Å². The summed E-state index contributed by atoms with van der Waals surface area (Å²) in [6, 6.07) is 2.06. The summed E-state index contributed by atoms with van der Waals surface area (Å²) < 4.78 is 11.6. The van der Waals surface area contributed by atoms with Gasteiger partial charge in [-0.2, -0.15) is 0 Å². The first-order chi connectivity index (χ1) is 9.08. The van der Waals surface area contributed by atoms with E-state index in [0.717, 1.165) is 16.7 Å². The summed E-state index contributed by atoms with van der Waals surface area (Å²) in [7, 11) is -0.136. The Morgan fingerprint density at radius 3 is 2.40 bits per heavy atom. The van der Waals surface area contributed by atoms with Crippen molar-refractivity contribution in [3.63, 3.8) is 0 Å². The molecule has 1 rings (SSSR count). The van der Waals surface area contributed by atoms with Crippen molar-refractivity contribution in [2.24, 2.45) is 0 Å². The van der Waals surface area contributed by atoms with Crippen molar-refractivity contribution in [2.75, 3.05) is 7.11 Å². The number of nitrogens with zero attached hydrogens (tertiary/aromatic N) is 1. The molecule has 1 aromatic heterocycles. The normalized spacial score (nSPS) is 12.3. The predicted molar refractivity (Wildman–Crippen MR) is 87.5 cm³/mol. The second kappa shape index (κ2) is 6.10. The Morgan fingerprint density at radius 1 is 1.35 bits per heavy atom. The summed E-state index contributed by atoms with van der Waals surface area (Å²) in [4.78, 5) is 4.33. The van der Waals surface area contributed by atoms with Crippen molar-refractivity contribution < 1.29 is 9.16 Å². The van der Waals surface area contributed by atoms with Gasteiger partial charge in [-0.1, -0.05) is 27.4 Å². The lowest BCUT2D eigenvalue weighted by atomic mass is 10.1. The SMILES string of the molecule is C=C(C)c1cnc(OC)c(CO[Si](C)(C)C(C)(C)C)c1. The van der Waals surface area contributed by atoms with Crippen LogP contribution in [-0.2, 0) is 11.0 Å². The number of ether oxygens (including phenoxy) is 1. The number of rotatable bonds is 5. The fourth-order valence-electron chi connectivity index (χ4n) is 1.49. The third-order valence-electron chi connectivity index (χ3n) is 4.01. The minimum Gasteiger partial charge on any atom is -0.481 e. The second-order valence-corrected chi connectivity index (χ2v) is 11.5. The minimum absolute atomic E-state index is 0.194. The molecule has 0 aliphatic rings. The molecule has 4 heteroatoms. The molecule has 0 saturated carbocycles. The number of hydrogen-bond donors (Lipinski definition) is 0.